The SMILES string of the molecule is CCC(Sc1nnc2c3cc(C)ccc3n(Cc3ccccc3F)c2n1)C(=O)N1CCC(C)CC1. The Hall–Kier alpha value is -3.00. The fourth-order valence-corrected chi connectivity index (χ4v) is 5.63. The molecule has 5 rings (SSSR count). The molecule has 1 fully saturated rings. The molecule has 0 radical (unpaired) electrons. The van der Waals surface area contributed by atoms with Crippen LogP contribution < -0.4 is 0 Å². The van der Waals surface area contributed by atoms with E-state index in [0.717, 1.165) is 42.4 Å². The molecule has 1 aliphatic heterocycles. The van der Waals surface area contributed by atoms with Crippen LogP contribution in [0.15, 0.2) is 47.6 Å². The molecular formula is C27H30FN5OS. The Morgan fingerprint density at radius 3 is 2.69 bits per heavy atom. The second kappa shape index (κ2) is 9.93. The molecule has 1 amide bonds. The van der Waals surface area contributed by atoms with Crippen molar-refractivity contribution >= 4 is 39.7 Å². The molecule has 0 saturated carbocycles. The lowest BCUT2D eigenvalue weighted by Crippen LogP contribution is -2.42. The lowest BCUT2D eigenvalue weighted by Gasteiger charge is -2.32. The van der Waals surface area contributed by atoms with Crippen LogP contribution in [0.2, 0.25) is 0 Å². The highest BCUT2D eigenvalue weighted by atomic mass is 32.2. The van der Waals surface area contributed by atoms with Crippen molar-refractivity contribution in [3.8, 4) is 0 Å². The molecular weight excluding hydrogens is 461 g/mol. The van der Waals surface area contributed by atoms with E-state index >= 15 is 0 Å². The number of thioether (sulfide) groups is 1. The van der Waals surface area contributed by atoms with Gasteiger partial charge in [-0.05, 0) is 50.3 Å². The summed E-state index contributed by atoms with van der Waals surface area (Å²) in [6.07, 6.45) is 2.78. The fourth-order valence-electron chi connectivity index (χ4n) is 4.73. The van der Waals surface area contributed by atoms with Crippen molar-refractivity contribution in [1.29, 1.82) is 0 Å². The van der Waals surface area contributed by atoms with Crippen molar-refractivity contribution < 1.29 is 9.18 Å². The van der Waals surface area contributed by atoms with E-state index in [9.17, 15) is 9.18 Å². The van der Waals surface area contributed by atoms with Gasteiger partial charge in [-0.25, -0.2) is 9.37 Å². The minimum atomic E-state index is -0.255. The summed E-state index contributed by atoms with van der Waals surface area (Å²) in [4.78, 5) is 20.0. The van der Waals surface area contributed by atoms with E-state index in [1.807, 2.05) is 41.5 Å². The van der Waals surface area contributed by atoms with Crippen LogP contribution in [-0.4, -0.2) is 48.9 Å². The van der Waals surface area contributed by atoms with E-state index in [2.05, 4.69) is 23.2 Å². The summed E-state index contributed by atoms with van der Waals surface area (Å²) in [5.74, 6) is 0.566. The molecule has 8 heteroatoms. The fraction of sp³-hybridized carbons (Fsp3) is 0.407. The van der Waals surface area contributed by atoms with Crippen molar-refractivity contribution in [2.75, 3.05) is 13.1 Å². The average Bonchev–Trinajstić information content (AvgIpc) is 3.16. The number of carbonyl (C=O) groups is 1. The Kier molecular flexibility index (Phi) is 6.73. The van der Waals surface area contributed by atoms with E-state index in [0.29, 0.717) is 40.8 Å². The molecule has 2 aromatic carbocycles. The predicted octanol–water partition coefficient (Wildman–Crippen LogP) is 5.60. The number of hydrogen-bond donors (Lipinski definition) is 0. The molecule has 3 heterocycles. The monoisotopic (exact) mass is 491 g/mol. The van der Waals surface area contributed by atoms with Gasteiger partial charge in [0.15, 0.2) is 5.65 Å². The number of piperidine rings is 1. The van der Waals surface area contributed by atoms with Crippen molar-refractivity contribution in [2.45, 2.75) is 57.0 Å². The highest BCUT2D eigenvalue weighted by molar-refractivity contribution is 8.00. The van der Waals surface area contributed by atoms with Crippen molar-refractivity contribution in [3.63, 3.8) is 0 Å². The van der Waals surface area contributed by atoms with Crippen molar-refractivity contribution in [1.82, 2.24) is 24.6 Å². The van der Waals surface area contributed by atoms with Crippen LogP contribution in [0.5, 0.6) is 0 Å². The van der Waals surface area contributed by atoms with Crippen LogP contribution in [0.1, 0.15) is 44.2 Å². The molecule has 2 aromatic heterocycles. The van der Waals surface area contributed by atoms with Crippen molar-refractivity contribution in [2.24, 2.45) is 5.92 Å². The summed E-state index contributed by atoms with van der Waals surface area (Å²) in [5.41, 5.74) is 3.97. The zero-order valence-electron chi connectivity index (χ0n) is 20.4. The van der Waals surface area contributed by atoms with E-state index in [1.54, 1.807) is 12.1 Å². The molecule has 182 valence electrons. The number of benzene rings is 2. The smallest absolute Gasteiger partial charge is 0.236 e. The van der Waals surface area contributed by atoms with Crippen LogP contribution >= 0.6 is 11.8 Å². The van der Waals surface area contributed by atoms with Gasteiger partial charge in [0, 0.05) is 24.0 Å². The van der Waals surface area contributed by atoms with Crippen LogP contribution in [0.4, 0.5) is 4.39 Å². The molecule has 1 unspecified atom stereocenters. The maximum Gasteiger partial charge on any atom is 0.236 e. The molecule has 35 heavy (non-hydrogen) atoms. The third-order valence-electron chi connectivity index (χ3n) is 6.88. The normalized spacial score (nSPS) is 15.7. The van der Waals surface area contributed by atoms with Crippen molar-refractivity contribution in [3.05, 3.63) is 59.4 Å². The van der Waals surface area contributed by atoms with Gasteiger partial charge in [0.05, 0.1) is 17.3 Å². The van der Waals surface area contributed by atoms with Gasteiger partial charge < -0.3 is 9.47 Å². The third kappa shape index (κ3) is 4.76. The van der Waals surface area contributed by atoms with Gasteiger partial charge in [-0.15, -0.1) is 10.2 Å². The molecule has 0 spiro atoms. The first-order valence-corrected chi connectivity index (χ1v) is 13.1. The van der Waals surface area contributed by atoms with Gasteiger partial charge in [-0.1, -0.05) is 55.4 Å². The Balaban J connectivity index is 1.51. The zero-order chi connectivity index (χ0) is 24.5. The number of fused-ring (bicyclic) bond motifs is 3. The van der Waals surface area contributed by atoms with Crippen LogP contribution in [0.25, 0.3) is 22.1 Å². The van der Waals surface area contributed by atoms with Gasteiger partial charge in [0.1, 0.15) is 11.3 Å². The lowest BCUT2D eigenvalue weighted by atomic mass is 9.99. The molecule has 4 aromatic rings. The Bertz CT molecular complexity index is 1380. The van der Waals surface area contributed by atoms with Crippen LogP contribution in [0.3, 0.4) is 0 Å². The summed E-state index contributed by atoms with van der Waals surface area (Å²) in [6, 6.07) is 12.9. The molecule has 1 aliphatic rings. The second-order valence-electron chi connectivity index (χ2n) is 9.49. The Morgan fingerprint density at radius 2 is 1.94 bits per heavy atom. The maximum atomic E-state index is 14.5. The van der Waals surface area contributed by atoms with Gasteiger partial charge in [-0.3, -0.25) is 4.79 Å². The number of rotatable bonds is 6. The Labute approximate surface area is 208 Å². The van der Waals surface area contributed by atoms with E-state index < -0.39 is 0 Å². The maximum absolute atomic E-state index is 14.5. The highest BCUT2D eigenvalue weighted by Gasteiger charge is 2.28. The number of nitrogens with zero attached hydrogens (tertiary/aromatic N) is 5. The number of halogens is 1. The molecule has 0 aliphatic carbocycles. The topological polar surface area (TPSA) is 63.9 Å². The number of amides is 1. The number of aromatic nitrogens is 4. The van der Waals surface area contributed by atoms with Gasteiger partial charge in [0.2, 0.25) is 11.1 Å². The summed E-state index contributed by atoms with van der Waals surface area (Å²) in [6.45, 7) is 8.25. The highest BCUT2D eigenvalue weighted by Crippen LogP contribution is 2.31. The molecule has 1 atom stereocenters. The minimum absolute atomic E-state index is 0.149. The summed E-state index contributed by atoms with van der Waals surface area (Å²) >= 11 is 1.37. The first-order chi connectivity index (χ1) is 16.9. The van der Waals surface area contributed by atoms with E-state index in [1.165, 1.54) is 17.8 Å². The quantitative estimate of drug-likeness (QED) is 0.328. The number of aryl methyl sites for hydroxylation is 1. The summed E-state index contributed by atoms with van der Waals surface area (Å²) in [7, 11) is 0. The van der Waals surface area contributed by atoms with Gasteiger partial charge in [0.25, 0.3) is 0 Å². The second-order valence-corrected chi connectivity index (χ2v) is 10.7. The van der Waals surface area contributed by atoms with Gasteiger partial charge >= 0.3 is 0 Å². The average molecular weight is 492 g/mol. The van der Waals surface area contributed by atoms with E-state index in [4.69, 9.17) is 4.98 Å². The number of likely N-dealkylation sites (tertiary alicyclic amines) is 1. The van der Waals surface area contributed by atoms with Gasteiger partial charge in [-0.2, -0.15) is 0 Å². The lowest BCUT2D eigenvalue weighted by molar-refractivity contribution is -0.131. The minimum Gasteiger partial charge on any atom is -0.342 e. The molecule has 1 saturated heterocycles. The number of hydrogen-bond acceptors (Lipinski definition) is 5. The van der Waals surface area contributed by atoms with E-state index in [-0.39, 0.29) is 17.0 Å². The van der Waals surface area contributed by atoms with Crippen LogP contribution in [0, 0.1) is 18.7 Å². The third-order valence-corrected chi connectivity index (χ3v) is 8.08. The first-order valence-electron chi connectivity index (χ1n) is 12.3. The zero-order valence-corrected chi connectivity index (χ0v) is 21.2. The Morgan fingerprint density at radius 1 is 1.17 bits per heavy atom. The largest absolute Gasteiger partial charge is 0.342 e. The van der Waals surface area contributed by atoms with Crippen LogP contribution in [-0.2, 0) is 11.3 Å². The molecule has 0 N–H and O–H groups in total. The molecule has 6 nitrogen and oxygen atoms in total. The summed E-state index contributed by atoms with van der Waals surface area (Å²) in [5, 5.41) is 10.1. The summed E-state index contributed by atoms with van der Waals surface area (Å²) < 4.78 is 16.5. The predicted molar refractivity (Wildman–Crippen MR) is 138 cm³/mol. The molecule has 0 bridgehead atoms. The first kappa shape index (κ1) is 23.7. The standard InChI is InChI=1S/C27H30FN5OS/c1-4-23(26(34)32-13-11-17(2)12-14-32)35-27-29-25-24(30-31-27)20-15-18(3)9-10-22(20)33(25)16-19-7-5-6-8-21(19)28/h5-10,15,17,23H,4,11-14,16H2,1-3H3. The number of carbonyl (C=O) groups excluding carboxylic acids is 1.